The van der Waals surface area contributed by atoms with Crippen LogP contribution in [0.1, 0.15) is 37.4 Å². The molecular formula is C24H26FN3O3. The molecule has 4 rings (SSSR count). The molecule has 1 fully saturated rings. The van der Waals surface area contributed by atoms with Gasteiger partial charge in [-0.1, -0.05) is 6.92 Å². The van der Waals surface area contributed by atoms with E-state index in [0.29, 0.717) is 36.9 Å². The smallest absolute Gasteiger partial charge is 0.226 e. The van der Waals surface area contributed by atoms with Crippen molar-refractivity contribution in [3.63, 3.8) is 0 Å². The molecule has 1 aliphatic carbocycles. The first-order valence-electron chi connectivity index (χ1n) is 10.6. The first-order chi connectivity index (χ1) is 15.1. The van der Waals surface area contributed by atoms with E-state index in [1.807, 2.05) is 31.2 Å². The van der Waals surface area contributed by atoms with Gasteiger partial charge in [-0.15, -0.1) is 0 Å². The summed E-state index contributed by atoms with van der Waals surface area (Å²) in [6.07, 6.45) is 3.68. The fraction of sp³-hybridized carbons (Fsp3) is 0.333. The minimum Gasteiger partial charge on any atom is -0.497 e. The van der Waals surface area contributed by atoms with Crippen molar-refractivity contribution in [2.75, 3.05) is 7.11 Å². The molecule has 1 amide bonds. The Labute approximate surface area is 181 Å². The van der Waals surface area contributed by atoms with E-state index in [0.717, 1.165) is 35.5 Å². The molecule has 7 heteroatoms. The number of amides is 1. The topological polar surface area (TPSA) is 65.4 Å². The standard InChI is InChI=1S/C24H26FN3O3/c1-3-22-21(14-15-23(29)26-17-6-7-17)24(31-20-10-4-16(25)5-11-20)28(27-22)18-8-12-19(30-2)13-9-18/h4-5,8-13,17H,3,6-7,14-15H2,1-2H3,(H,26,29). The Balaban J connectivity index is 1.68. The van der Waals surface area contributed by atoms with Crippen LogP contribution in [0.5, 0.6) is 17.4 Å². The molecular weight excluding hydrogens is 397 g/mol. The quantitative estimate of drug-likeness (QED) is 0.547. The summed E-state index contributed by atoms with van der Waals surface area (Å²) in [7, 11) is 1.62. The maximum Gasteiger partial charge on any atom is 0.226 e. The number of aromatic nitrogens is 2. The van der Waals surface area contributed by atoms with Gasteiger partial charge in [-0.05, 0) is 74.2 Å². The number of nitrogens with one attached hydrogen (secondary N) is 1. The van der Waals surface area contributed by atoms with Crippen LogP contribution in [-0.2, 0) is 17.6 Å². The highest BCUT2D eigenvalue weighted by atomic mass is 19.1. The number of aryl methyl sites for hydroxylation is 1. The van der Waals surface area contributed by atoms with Crippen molar-refractivity contribution in [3.05, 3.63) is 65.6 Å². The van der Waals surface area contributed by atoms with Crippen molar-refractivity contribution >= 4 is 5.91 Å². The Morgan fingerprint density at radius 2 is 1.81 bits per heavy atom. The predicted molar refractivity (Wildman–Crippen MR) is 115 cm³/mol. The fourth-order valence-electron chi connectivity index (χ4n) is 3.40. The molecule has 0 atom stereocenters. The van der Waals surface area contributed by atoms with Crippen LogP contribution in [0.4, 0.5) is 4.39 Å². The number of nitrogens with zero attached hydrogens (tertiary/aromatic N) is 2. The number of rotatable bonds is 9. The zero-order chi connectivity index (χ0) is 21.8. The molecule has 1 N–H and O–H groups in total. The summed E-state index contributed by atoms with van der Waals surface area (Å²) in [5.41, 5.74) is 2.56. The van der Waals surface area contributed by atoms with Gasteiger partial charge in [0.2, 0.25) is 11.8 Å². The van der Waals surface area contributed by atoms with Gasteiger partial charge in [0, 0.05) is 18.0 Å². The number of hydrogen-bond acceptors (Lipinski definition) is 4. The Bertz CT molecular complexity index is 1040. The summed E-state index contributed by atoms with van der Waals surface area (Å²) in [6.45, 7) is 2.02. The lowest BCUT2D eigenvalue weighted by Gasteiger charge is -2.12. The van der Waals surface area contributed by atoms with Crippen LogP contribution in [-0.4, -0.2) is 28.8 Å². The molecule has 31 heavy (non-hydrogen) atoms. The zero-order valence-corrected chi connectivity index (χ0v) is 17.7. The average molecular weight is 423 g/mol. The van der Waals surface area contributed by atoms with E-state index >= 15 is 0 Å². The van der Waals surface area contributed by atoms with Crippen molar-refractivity contribution in [2.45, 2.75) is 45.1 Å². The zero-order valence-electron chi connectivity index (χ0n) is 17.7. The number of hydrogen-bond donors (Lipinski definition) is 1. The predicted octanol–water partition coefficient (Wildman–Crippen LogP) is 4.59. The third kappa shape index (κ3) is 5.05. The molecule has 1 aliphatic rings. The van der Waals surface area contributed by atoms with Gasteiger partial charge in [0.05, 0.1) is 18.5 Å². The van der Waals surface area contributed by atoms with E-state index < -0.39 is 0 Å². The van der Waals surface area contributed by atoms with Gasteiger partial charge in [0.15, 0.2) is 0 Å². The van der Waals surface area contributed by atoms with Gasteiger partial charge < -0.3 is 14.8 Å². The molecule has 6 nitrogen and oxygen atoms in total. The van der Waals surface area contributed by atoms with Gasteiger partial charge >= 0.3 is 0 Å². The lowest BCUT2D eigenvalue weighted by Crippen LogP contribution is -2.25. The van der Waals surface area contributed by atoms with Crippen LogP contribution >= 0.6 is 0 Å². The third-order valence-corrected chi connectivity index (χ3v) is 5.24. The van der Waals surface area contributed by atoms with Gasteiger partial charge in [-0.2, -0.15) is 5.10 Å². The van der Waals surface area contributed by atoms with E-state index in [-0.39, 0.29) is 11.7 Å². The summed E-state index contributed by atoms with van der Waals surface area (Å²) in [6, 6.07) is 13.7. The summed E-state index contributed by atoms with van der Waals surface area (Å²) in [4.78, 5) is 12.3. The highest BCUT2D eigenvalue weighted by molar-refractivity contribution is 5.77. The number of carbonyl (C=O) groups is 1. The molecule has 0 bridgehead atoms. The number of benzene rings is 2. The molecule has 3 aromatic rings. The second-order valence-electron chi connectivity index (χ2n) is 7.59. The summed E-state index contributed by atoms with van der Waals surface area (Å²) in [5, 5.41) is 7.79. The van der Waals surface area contributed by atoms with Crippen LogP contribution in [0, 0.1) is 5.82 Å². The van der Waals surface area contributed by atoms with E-state index in [9.17, 15) is 9.18 Å². The Morgan fingerprint density at radius 1 is 1.13 bits per heavy atom. The number of carbonyl (C=O) groups excluding carboxylic acids is 1. The molecule has 2 aromatic carbocycles. The van der Waals surface area contributed by atoms with Crippen LogP contribution in [0.3, 0.4) is 0 Å². The van der Waals surface area contributed by atoms with Crippen molar-refractivity contribution < 1.29 is 18.7 Å². The number of methoxy groups -OCH3 is 1. The molecule has 0 spiro atoms. The highest BCUT2D eigenvalue weighted by Crippen LogP contribution is 2.33. The van der Waals surface area contributed by atoms with E-state index in [1.54, 1.807) is 23.9 Å². The summed E-state index contributed by atoms with van der Waals surface area (Å²) >= 11 is 0. The second-order valence-corrected chi connectivity index (χ2v) is 7.59. The maximum atomic E-state index is 13.4. The van der Waals surface area contributed by atoms with Crippen LogP contribution in [0.25, 0.3) is 5.69 Å². The summed E-state index contributed by atoms with van der Waals surface area (Å²) in [5.74, 6) is 1.48. The van der Waals surface area contributed by atoms with Crippen molar-refractivity contribution in [3.8, 4) is 23.1 Å². The van der Waals surface area contributed by atoms with Crippen LogP contribution in [0.15, 0.2) is 48.5 Å². The van der Waals surface area contributed by atoms with Crippen molar-refractivity contribution in [1.29, 1.82) is 0 Å². The highest BCUT2D eigenvalue weighted by Gasteiger charge is 2.25. The fourth-order valence-corrected chi connectivity index (χ4v) is 3.40. The lowest BCUT2D eigenvalue weighted by molar-refractivity contribution is -0.121. The maximum absolute atomic E-state index is 13.4. The molecule has 1 aromatic heterocycles. The van der Waals surface area contributed by atoms with E-state index in [4.69, 9.17) is 14.6 Å². The second kappa shape index (κ2) is 9.20. The Kier molecular flexibility index (Phi) is 6.21. The Morgan fingerprint density at radius 3 is 2.42 bits per heavy atom. The summed E-state index contributed by atoms with van der Waals surface area (Å²) < 4.78 is 26.5. The average Bonchev–Trinajstić information content (AvgIpc) is 3.53. The van der Waals surface area contributed by atoms with E-state index in [2.05, 4.69) is 5.32 Å². The molecule has 1 saturated carbocycles. The lowest BCUT2D eigenvalue weighted by atomic mass is 10.1. The first kappa shape index (κ1) is 20.9. The van der Waals surface area contributed by atoms with Crippen molar-refractivity contribution in [1.82, 2.24) is 15.1 Å². The minimum atomic E-state index is -0.331. The molecule has 1 heterocycles. The number of halogens is 1. The molecule has 0 saturated heterocycles. The normalized spacial score (nSPS) is 13.1. The monoisotopic (exact) mass is 423 g/mol. The largest absolute Gasteiger partial charge is 0.497 e. The van der Waals surface area contributed by atoms with Gasteiger partial charge in [-0.3, -0.25) is 4.79 Å². The number of ether oxygens (including phenoxy) is 2. The first-order valence-corrected chi connectivity index (χ1v) is 10.6. The Hall–Kier alpha value is -3.35. The van der Waals surface area contributed by atoms with Crippen LogP contribution < -0.4 is 14.8 Å². The van der Waals surface area contributed by atoms with E-state index in [1.165, 1.54) is 12.1 Å². The molecule has 0 aliphatic heterocycles. The van der Waals surface area contributed by atoms with Crippen molar-refractivity contribution in [2.24, 2.45) is 0 Å². The van der Waals surface area contributed by atoms with Gasteiger partial charge in [0.1, 0.15) is 17.3 Å². The van der Waals surface area contributed by atoms with Crippen LogP contribution in [0.2, 0.25) is 0 Å². The molecule has 0 unspecified atom stereocenters. The van der Waals surface area contributed by atoms with Gasteiger partial charge in [-0.25, -0.2) is 9.07 Å². The van der Waals surface area contributed by atoms with Gasteiger partial charge in [0.25, 0.3) is 0 Å². The SMILES string of the molecule is CCc1nn(-c2ccc(OC)cc2)c(Oc2ccc(F)cc2)c1CCC(=O)NC1CC1. The minimum absolute atomic E-state index is 0.0366. The molecule has 0 radical (unpaired) electrons. The third-order valence-electron chi connectivity index (χ3n) is 5.24. The molecule has 162 valence electrons.